The Morgan fingerprint density at radius 2 is 1.78 bits per heavy atom. The van der Waals surface area contributed by atoms with Crippen LogP contribution in [0.4, 0.5) is 14.5 Å². The molecule has 0 fully saturated rings. The lowest BCUT2D eigenvalue weighted by Crippen LogP contribution is -2.40. The highest BCUT2D eigenvalue weighted by atomic mass is 32.2. The van der Waals surface area contributed by atoms with E-state index in [1.54, 1.807) is 13.8 Å². The number of primary amides is 1. The summed E-state index contributed by atoms with van der Waals surface area (Å²) in [4.78, 5) is 45.7. The SMILES string of the molecule is CC1(C)c2[nH]cc(NC(=O)c3cc(-c4ncc(C(=O)O)[nH]4)ccc3C(N)=O)c2CN1S(=O)(=O)c1cc(F)cc(F)c1. The van der Waals surface area contributed by atoms with Crippen LogP contribution in [0.3, 0.4) is 0 Å². The zero-order valence-electron chi connectivity index (χ0n) is 21.5. The number of carbonyl (C=O) groups is 3. The number of fused-ring (bicyclic) bond motifs is 1. The normalized spacial score (nSPS) is 14.5. The number of benzene rings is 2. The third kappa shape index (κ3) is 4.74. The molecule has 15 heteroatoms. The number of nitrogens with one attached hydrogen (secondary N) is 3. The summed E-state index contributed by atoms with van der Waals surface area (Å²) >= 11 is 0. The summed E-state index contributed by atoms with van der Waals surface area (Å²) < 4.78 is 55.5. The summed E-state index contributed by atoms with van der Waals surface area (Å²) in [6.45, 7) is 2.95. The second kappa shape index (κ2) is 9.64. The lowest BCUT2D eigenvalue weighted by molar-refractivity contribution is 0.0690. The minimum Gasteiger partial charge on any atom is -0.477 e. The van der Waals surface area contributed by atoms with Gasteiger partial charge in [0.05, 0.1) is 33.4 Å². The van der Waals surface area contributed by atoms with Crippen LogP contribution in [-0.2, 0) is 22.1 Å². The lowest BCUT2D eigenvalue weighted by Gasteiger charge is -2.31. The number of anilines is 1. The minimum absolute atomic E-state index is 0.124. The van der Waals surface area contributed by atoms with Crippen molar-refractivity contribution in [3.8, 4) is 11.4 Å². The number of amides is 2. The molecule has 0 unspecified atom stereocenters. The Balaban J connectivity index is 1.48. The van der Waals surface area contributed by atoms with Crippen molar-refractivity contribution in [2.75, 3.05) is 5.32 Å². The van der Waals surface area contributed by atoms with Crippen molar-refractivity contribution in [1.82, 2.24) is 19.3 Å². The largest absolute Gasteiger partial charge is 0.477 e. The third-order valence-corrected chi connectivity index (χ3v) is 8.80. The molecule has 41 heavy (non-hydrogen) atoms. The summed E-state index contributed by atoms with van der Waals surface area (Å²) in [6, 6.07) is 6.06. The van der Waals surface area contributed by atoms with Gasteiger partial charge in [-0.1, -0.05) is 6.07 Å². The van der Waals surface area contributed by atoms with Crippen LogP contribution < -0.4 is 11.1 Å². The number of carboxylic acids is 1. The van der Waals surface area contributed by atoms with Crippen LogP contribution in [0.2, 0.25) is 0 Å². The number of hydrogen-bond acceptors (Lipinski definition) is 6. The predicted molar refractivity (Wildman–Crippen MR) is 140 cm³/mol. The number of aromatic amines is 2. The molecule has 0 radical (unpaired) electrons. The van der Waals surface area contributed by atoms with Gasteiger partial charge in [-0.25, -0.2) is 27.0 Å². The average Bonchev–Trinajstić information content (AvgIpc) is 3.60. The summed E-state index contributed by atoms with van der Waals surface area (Å²) in [5.74, 6) is -4.86. The molecule has 12 nitrogen and oxygen atoms in total. The maximum Gasteiger partial charge on any atom is 0.353 e. The Labute approximate surface area is 231 Å². The van der Waals surface area contributed by atoms with Crippen LogP contribution in [0.15, 0.2) is 53.7 Å². The number of H-pyrrole nitrogens is 2. The van der Waals surface area contributed by atoms with Crippen LogP contribution >= 0.6 is 0 Å². The smallest absolute Gasteiger partial charge is 0.353 e. The van der Waals surface area contributed by atoms with Gasteiger partial charge in [0, 0.05) is 35.6 Å². The maximum atomic E-state index is 13.8. The van der Waals surface area contributed by atoms with Crippen LogP contribution in [0, 0.1) is 11.6 Å². The Morgan fingerprint density at radius 1 is 1.10 bits per heavy atom. The number of carbonyl (C=O) groups excluding carboxylic acids is 2. The first-order valence-corrected chi connectivity index (χ1v) is 13.4. The minimum atomic E-state index is -4.38. The second-order valence-corrected chi connectivity index (χ2v) is 11.6. The molecule has 3 heterocycles. The first-order chi connectivity index (χ1) is 19.2. The Morgan fingerprint density at radius 3 is 2.39 bits per heavy atom. The summed E-state index contributed by atoms with van der Waals surface area (Å²) in [5.41, 5.74) is 5.17. The molecule has 2 amide bonds. The van der Waals surface area contributed by atoms with Crippen molar-refractivity contribution >= 4 is 33.5 Å². The molecule has 4 aromatic rings. The van der Waals surface area contributed by atoms with E-state index >= 15 is 0 Å². The summed E-state index contributed by atoms with van der Waals surface area (Å²) in [6.07, 6.45) is 2.55. The molecule has 5 rings (SSSR count). The fourth-order valence-electron chi connectivity index (χ4n) is 4.79. The van der Waals surface area contributed by atoms with Crippen molar-refractivity contribution < 1.29 is 36.7 Å². The zero-order chi connectivity index (χ0) is 29.9. The first-order valence-electron chi connectivity index (χ1n) is 11.9. The molecule has 0 bridgehead atoms. The molecule has 0 aliphatic carbocycles. The quantitative estimate of drug-likeness (QED) is 0.220. The fourth-order valence-corrected chi connectivity index (χ4v) is 6.56. The highest BCUT2D eigenvalue weighted by Crippen LogP contribution is 2.44. The molecule has 2 aromatic heterocycles. The monoisotopic (exact) mass is 584 g/mol. The molecule has 1 aliphatic rings. The number of halogens is 2. The van der Waals surface area contributed by atoms with Crippen molar-refractivity contribution in [2.45, 2.75) is 30.8 Å². The lowest BCUT2D eigenvalue weighted by atomic mass is 10.0. The average molecular weight is 585 g/mol. The van der Waals surface area contributed by atoms with Crippen LogP contribution in [0.5, 0.6) is 0 Å². The highest BCUT2D eigenvalue weighted by Gasteiger charge is 2.47. The van der Waals surface area contributed by atoms with Crippen LogP contribution in [-0.4, -0.2) is 50.6 Å². The molecule has 0 saturated heterocycles. The standard InChI is InChI=1S/C26H22F2N6O6S/c1-26(2)21-18(11-34(26)41(39,40)15-7-13(27)6-14(28)8-15)19(9-30-21)33-24(36)17-5-12(3-4-16(17)22(29)35)23-31-10-20(32-23)25(37)38/h3-10,30H,11H2,1-2H3,(H2,29,35)(H,31,32)(H,33,36)(H,37,38). The number of hydrogen-bond donors (Lipinski definition) is 5. The van der Waals surface area contributed by atoms with E-state index in [0.717, 1.165) is 22.6 Å². The number of nitrogens with two attached hydrogens (primary N) is 1. The molecule has 0 spiro atoms. The molecule has 2 aromatic carbocycles. The second-order valence-electron chi connectivity index (χ2n) is 9.76. The van der Waals surface area contributed by atoms with E-state index in [-0.39, 0.29) is 34.9 Å². The number of aromatic carboxylic acids is 1. The fraction of sp³-hybridized carbons (Fsp3) is 0.154. The van der Waals surface area contributed by atoms with Gasteiger partial charge in [-0.05, 0) is 38.1 Å². The number of nitrogens with zero attached hydrogens (tertiary/aromatic N) is 2. The molecule has 212 valence electrons. The number of imidazole rings is 1. The highest BCUT2D eigenvalue weighted by molar-refractivity contribution is 7.89. The molecule has 0 saturated carbocycles. The Hall–Kier alpha value is -4.89. The van der Waals surface area contributed by atoms with Gasteiger partial charge in [0.25, 0.3) is 5.91 Å². The van der Waals surface area contributed by atoms with Crippen molar-refractivity contribution in [1.29, 1.82) is 0 Å². The van der Waals surface area contributed by atoms with Gasteiger partial charge >= 0.3 is 5.97 Å². The number of aromatic nitrogens is 3. The van der Waals surface area contributed by atoms with Gasteiger partial charge in [-0.3, -0.25) is 9.59 Å². The van der Waals surface area contributed by atoms with E-state index in [9.17, 15) is 31.6 Å². The van der Waals surface area contributed by atoms with Gasteiger partial charge < -0.3 is 26.1 Å². The Kier molecular flexibility index (Phi) is 6.50. The first kappa shape index (κ1) is 27.7. The van der Waals surface area contributed by atoms with E-state index in [4.69, 9.17) is 10.8 Å². The molecular formula is C26H22F2N6O6S. The topological polar surface area (TPSA) is 191 Å². The van der Waals surface area contributed by atoms with Crippen molar-refractivity contribution in [3.63, 3.8) is 0 Å². The van der Waals surface area contributed by atoms with Gasteiger partial charge in [-0.2, -0.15) is 4.31 Å². The van der Waals surface area contributed by atoms with E-state index < -0.39 is 49.9 Å². The van der Waals surface area contributed by atoms with E-state index in [1.807, 2.05) is 0 Å². The van der Waals surface area contributed by atoms with E-state index in [2.05, 4.69) is 20.3 Å². The van der Waals surface area contributed by atoms with E-state index in [1.165, 1.54) is 24.4 Å². The van der Waals surface area contributed by atoms with Crippen LogP contribution in [0.25, 0.3) is 11.4 Å². The summed E-state index contributed by atoms with van der Waals surface area (Å²) in [7, 11) is -4.38. The van der Waals surface area contributed by atoms with Crippen molar-refractivity contribution in [3.05, 3.63) is 88.5 Å². The van der Waals surface area contributed by atoms with Crippen LogP contribution in [0.1, 0.15) is 56.3 Å². The number of carboxylic acid groups (broad SMARTS) is 1. The number of sulfonamides is 1. The van der Waals surface area contributed by atoms with Gasteiger partial charge in [0.2, 0.25) is 15.9 Å². The maximum absolute atomic E-state index is 13.8. The van der Waals surface area contributed by atoms with Gasteiger partial charge in [0.1, 0.15) is 23.2 Å². The molecule has 1 aliphatic heterocycles. The number of rotatable bonds is 7. The Bertz CT molecular complexity index is 1840. The summed E-state index contributed by atoms with van der Waals surface area (Å²) in [5, 5.41) is 11.8. The molecule has 0 atom stereocenters. The molecular weight excluding hydrogens is 562 g/mol. The molecule has 6 N–H and O–H groups in total. The van der Waals surface area contributed by atoms with Crippen molar-refractivity contribution in [2.24, 2.45) is 5.73 Å². The third-order valence-electron chi connectivity index (χ3n) is 6.81. The van der Waals surface area contributed by atoms with E-state index in [0.29, 0.717) is 22.9 Å². The van der Waals surface area contributed by atoms with Gasteiger partial charge in [0.15, 0.2) is 0 Å². The predicted octanol–water partition coefficient (Wildman–Crippen LogP) is 3.17. The van der Waals surface area contributed by atoms with Gasteiger partial charge in [-0.15, -0.1) is 0 Å². The zero-order valence-corrected chi connectivity index (χ0v) is 22.3.